The molecule has 112 valence electrons. The summed E-state index contributed by atoms with van der Waals surface area (Å²) in [5, 5.41) is 9.82. The van der Waals surface area contributed by atoms with Gasteiger partial charge in [-0.3, -0.25) is 0 Å². The van der Waals surface area contributed by atoms with Crippen molar-refractivity contribution in [3.8, 4) is 0 Å². The molecule has 1 heterocycles. The van der Waals surface area contributed by atoms with Crippen molar-refractivity contribution in [2.24, 2.45) is 5.14 Å². The largest absolute Gasteiger partial charge is 0.368 e. The Morgan fingerprint density at radius 2 is 2.10 bits per heavy atom. The van der Waals surface area contributed by atoms with E-state index in [0.29, 0.717) is 24.0 Å². The normalized spacial score (nSPS) is 17.4. The second-order valence-electron chi connectivity index (χ2n) is 5.46. The molecule has 0 bridgehead atoms. The fraction of sp³-hybridized carbons (Fsp3) is 0.357. The first-order chi connectivity index (χ1) is 9.91. The highest BCUT2D eigenvalue weighted by Gasteiger charge is 2.47. The van der Waals surface area contributed by atoms with Crippen molar-refractivity contribution < 1.29 is 12.8 Å². The van der Waals surface area contributed by atoms with Crippen molar-refractivity contribution in [2.45, 2.75) is 24.0 Å². The number of primary sulfonamides is 1. The highest BCUT2D eigenvalue weighted by Crippen LogP contribution is 2.38. The number of anilines is 1. The molecule has 0 spiro atoms. The monoisotopic (exact) mass is 309 g/mol. The first-order valence-electron chi connectivity index (χ1n) is 6.72. The van der Waals surface area contributed by atoms with Crippen LogP contribution in [0.2, 0.25) is 0 Å². The predicted octanol–water partition coefficient (Wildman–Crippen LogP) is 2.00. The topological polar surface area (TPSA) is 85.1 Å². The molecule has 1 aliphatic rings. The van der Waals surface area contributed by atoms with Gasteiger partial charge < -0.3 is 5.32 Å². The van der Waals surface area contributed by atoms with Crippen LogP contribution in [0.4, 0.5) is 10.2 Å². The standard InChI is InChI=1S/C14H16FN3O2S/c15-11-3-2-10-4-7-17-13(12(10)8-11)18-9-14(5-1-6-14)21(16,19)20/h2-4,7-8H,1,5-6,9H2,(H,17,18)(H2,16,19,20). The van der Waals surface area contributed by atoms with Gasteiger partial charge in [0.05, 0.1) is 0 Å². The van der Waals surface area contributed by atoms with Crippen LogP contribution >= 0.6 is 0 Å². The van der Waals surface area contributed by atoms with Gasteiger partial charge in [0.25, 0.3) is 0 Å². The van der Waals surface area contributed by atoms with Crippen molar-refractivity contribution in [3.05, 3.63) is 36.3 Å². The Hall–Kier alpha value is -1.73. The van der Waals surface area contributed by atoms with Crippen LogP contribution < -0.4 is 10.5 Å². The SMILES string of the molecule is NS(=O)(=O)C1(CNc2nccc3ccc(F)cc23)CCC1. The van der Waals surface area contributed by atoms with E-state index in [0.717, 1.165) is 11.8 Å². The molecule has 1 aromatic heterocycles. The van der Waals surface area contributed by atoms with Gasteiger partial charge in [0, 0.05) is 18.1 Å². The van der Waals surface area contributed by atoms with Gasteiger partial charge in [0.1, 0.15) is 16.4 Å². The van der Waals surface area contributed by atoms with Gasteiger partial charge in [-0.15, -0.1) is 0 Å². The summed E-state index contributed by atoms with van der Waals surface area (Å²) in [5.74, 6) is 0.116. The number of rotatable bonds is 4. The van der Waals surface area contributed by atoms with Crippen LogP contribution in [0.1, 0.15) is 19.3 Å². The van der Waals surface area contributed by atoms with Gasteiger partial charge in [0.2, 0.25) is 10.0 Å². The minimum atomic E-state index is -3.62. The lowest BCUT2D eigenvalue weighted by Gasteiger charge is -2.39. The fourth-order valence-electron chi connectivity index (χ4n) is 2.66. The summed E-state index contributed by atoms with van der Waals surface area (Å²) in [6.07, 6.45) is 3.53. The van der Waals surface area contributed by atoms with Crippen molar-refractivity contribution in [2.75, 3.05) is 11.9 Å². The lowest BCUT2D eigenvalue weighted by molar-refractivity contribution is 0.351. The summed E-state index contributed by atoms with van der Waals surface area (Å²) < 4.78 is 35.9. The molecule has 3 rings (SSSR count). The highest BCUT2D eigenvalue weighted by molar-refractivity contribution is 7.90. The molecule has 0 amide bonds. The van der Waals surface area contributed by atoms with Gasteiger partial charge in [-0.05, 0) is 36.4 Å². The molecular formula is C14H16FN3O2S. The van der Waals surface area contributed by atoms with Crippen LogP contribution in [-0.4, -0.2) is 24.7 Å². The molecule has 0 saturated heterocycles. The molecule has 21 heavy (non-hydrogen) atoms. The molecule has 0 radical (unpaired) electrons. The number of benzene rings is 1. The molecular weight excluding hydrogens is 293 g/mol. The molecule has 7 heteroatoms. The number of sulfonamides is 1. The van der Waals surface area contributed by atoms with Crippen LogP contribution in [0.15, 0.2) is 30.5 Å². The van der Waals surface area contributed by atoms with E-state index in [1.54, 1.807) is 18.3 Å². The van der Waals surface area contributed by atoms with E-state index >= 15 is 0 Å². The van der Waals surface area contributed by atoms with E-state index in [1.807, 2.05) is 0 Å². The predicted molar refractivity (Wildman–Crippen MR) is 79.9 cm³/mol. The number of nitrogens with zero attached hydrogens (tertiary/aromatic N) is 1. The van der Waals surface area contributed by atoms with Crippen molar-refractivity contribution in [1.82, 2.24) is 4.98 Å². The minimum absolute atomic E-state index is 0.189. The minimum Gasteiger partial charge on any atom is -0.368 e. The number of halogens is 1. The zero-order valence-corrected chi connectivity index (χ0v) is 12.2. The van der Waals surface area contributed by atoms with E-state index in [1.165, 1.54) is 12.1 Å². The summed E-state index contributed by atoms with van der Waals surface area (Å²) >= 11 is 0. The Morgan fingerprint density at radius 3 is 2.71 bits per heavy atom. The quantitative estimate of drug-likeness (QED) is 0.904. The average molecular weight is 309 g/mol. The highest BCUT2D eigenvalue weighted by atomic mass is 32.2. The third kappa shape index (κ3) is 2.47. The Labute approximate surface area is 122 Å². The van der Waals surface area contributed by atoms with E-state index in [4.69, 9.17) is 5.14 Å². The number of aromatic nitrogens is 1. The number of nitrogens with two attached hydrogens (primary N) is 1. The van der Waals surface area contributed by atoms with E-state index in [9.17, 15) is 12.8 Å². The average Bonchev–Trinajstić information content (AvgIpc) is 2.36. The molecule has 1 saturated carbocycles. The van der Waals surface area contributed by atoms with Gasteiger partial charge in [-0.2, -0.15) is 0 Å². The Kier molecular flexibility index (Phi) is 3.33. The molecule has 0 unspecified atom stereocenters. The van der Waals surface area contributed by atoms with Crippen LogP contribution in [-0.2, 0) is 10.0 Å². The van der Waals surface area contributed by atoms with Crippen LogP contribution in [0.3, 0.4) is 0 Å². The van der Waals surface area contributed by atoms with Gasteiger partial charge >= 0.3 is 0 Å². The van der Waals surface area contributed by atoms with E-state index in [2.05, 4.69) is 10.3 Å². The lowest BCUT2D eigenvalue weighted by atomic mass is 9.84. The Bertz CT molecular complexity index is 788. The maximum Gasteiger partial charge on any atom is 0.216 e. The number of nitrogens with one attached hydrogen (secondary N) is 1. The molecule has 5 nitrogen and oxygen atoms in total. The van der Waals surface area contributed by atoms with Gasteiger partial charge in [0.15, 0.2) is 0 Å². The zero-order valence-electron chi connectivity index (χ0n) is 11.3. The summed E-state index contributed by atoms with van der Waals surface area (Å²) in [6.45, 7) is 0.189. The molecule has 3 N–H and O–H groups in total. The van der Waals surface area contributed by atoms with Crippen LogP contribution in [0.25, 0.3) is 10.8 Å². The fourth-order valence-corrected chi connectivity index (χ4v) is 3.79. The molecule has 1 aliphatic carbocycles. The van der Waals surface area contributed by atoms with Gasteiger partial charge in [-0.25, -0.2) is 22.9 Å². The second-order valence-corrected chi connectivity index (χ2v) is 7.42. The number of hydrogen-bond donors (Lipinski definition) is 2. The molecule has 0 aliphatic heterocycles. The number of fused-ring (bicyclic) bond motifs is 1. The first-order valence-corrected chi connectivity index (χ1v) is 8.26. The van der Waals surface area contributed by atoms with Crippen molar-refractivity contribution in [1.29, 1.82) is 0 Å². The molecule has 0 atom stereocenters. The summed E-state index contributed by atoms with van der Waals surface area (Å²) in [5.41, 5.74) is 0. The van der Waals surface area contributed by atoms with Crippen LogP contribution in [0, 0.1) is 5.82 Å². The number of hydrogen-bond acceptors (Lipinski definition) is 4. The smallest absolute Gasteiger partial charge is 0.216 e. The maximum atomic E-state index is 13.4. The van der Waals surface area contributed by atoms with Crippen molar-refractivity contribution >= 4 is 26.6 Å². The number of pyridine rings is 1. The van der Waals surface area contributed by atoms with Crippen LogP contribution in [0.5, 0.6) is 0 Å². The van der Waals surface area contributed by atoms with E-state index < -0.39 is 14.8 Å². The summed E-state index contributed by atoms with van der Waals surface area (Å²) in [7, 11) is -3.62. The first kappa shape index (κ1) is 14.2. The van der Waals surface area contributed by atoms with Gasteiger partial charge in [-0.1, -0.05) is 12.5 Å². The third-order valence-corrected chi connectivity index (χ3v) is 5.93. The third-order valence-electron chi connectivity index (χ3n) is 4.17. The molecule has 2 aromatic rings. The zero-order chi connectivity index (χ0) is 15.1. The molecule has 1 fully saturated rings. The van der Waals surface area contributed by atoms with E-state index in [-0.39, 0.29) is 12.4 Å². The lowest BCUT2D eigenvalue weighted by Crippen LogP contribution is -2.53. The molecule has 1 aromatic carbocycles. The summed E-state index contributed by atoms with van der Waals surface area (Å²) in [4.78, 5) is 4.18. The maximum absolute atomic E-state index is 13.4. The Balaban J connectivity index is 1.91. The second kappa shape index (κ2) is 4.92. The van der Waals surface area contributed by atoms with Crippen molar-refractivity contribution in [3.63, 3.8) is 0 Å². The summed E-state index contributed by atoms with van der Waals surface area (Å²) in [6, 6.07) is 6.20. The Morgan fingerprint density at radius 1 is 1.33 bits per heavy atom.